The lowest BCUT2D eigenvalue weighted by Crippen LogP contribution is -2.56. The van der Waals surface area contributed by atoms with E-state index in [-0.39, 0.29) is 62.4 Å². The monoisotopic (exact) mass is 903 g/mol. The number of hydrogen-bond donors (Lipinski definition) is 7. The summed E-state index contributed by atoms with van der Waals surface area (Å²) in [7, 11) is 1.43. The van der Waals surface area contributed by atoms with Crippen molar-refractivity contribution in [3.8, 4) is 45.7 Å². The normalized spacial score (nSPS) is 16.6. The Kier molecular flexibility index (Phi) is 16.8. The number of hydrogen-bond acceptors (Lipinski definition) is 12. The van der Waals surface area contributed by atoms with Gasteiger partial charge in [-0.15, -0.1) is 0 Å². The van der Waals surface area contributed by atoms with Crippen LogP contribution in [0.4, 0.5) is 0 Å². The molecule has 350 valence electrons. The Bertz CT molecular complexity index is 2460. The fourth-order valence-electron chi connectivity index (χ4n) is 7.65. The van der Waals surface area contributed by atoms with E-state index in [2.05, 4.69) is 47.0 Å². The number of amides is 5. The van der Waals surface area contributed by atoms with E-state index in [0.717, 1.165) is 5.56 Å². The predicted octanol–water partition coefficient (Wildman–Crippen LogP) is 3.69. The average Bonchev–Trinajstić information content (AvgIpc) is 3.29. The van der Waals surface area contributed by atoms with Gasteiger partial charge in [0.2, 0.25) is 23.6 Å². The summed E-state index contributed by atoms with van der Waals surface area (Å²) >= 11 is 0. The number of rotatable bonds is 15. The minimum absolute atomic E-state index is 0.00171. The first kappa shape index (κ1) is 50.0. The van der Waals surface area contributed by atoms with E-state index in [0.29, 0.717) is 57.1 Å². The molecule has 1 aliphatic heterocycles. The quantitative estimate of drug-likeness (QED) is 0.0843. The van der Waals surface area contributed by atoms with Crippen LogP contribution < -0.4 is 42.2 Å². The second kappa shape index (κ2) is 22.2. The molecule has 0 fully saturated rings. The van der Waals surface area contributed by atoms with E-state index in [4.69, 9.17) is 26.2 Å². The third-order valence-corrected chi connectivity index (χ3v) is 11.2. The Morgan fingerprint density at radius 3 is 2.20 bits per heavy atom. The molecule has 1 aliphatic rings. The van der Waals surface area contributed by atoms with Crippen LogP contribution in [0.25, 0.3) is 22.4 Å². The molecule has 66 heavy (non-hydrogen) atoms. The molecule has 4 atom stereocenters. The maximum absolute atomic E-state index is 14.7. The number of likely N-dealkylation sites (N-methyl/N-ethyl adjacent to an activating group) is 1. The van der Waals surface area contributed by atoms with Gasteiger partial charge in [-0.25, -0.2) is 4.98 Å². The highest BCUT2D eigenvalue weighted by Gasteiger charge is 2.36. The maximum Gasteiger partial charge on any atom is 0.253 e. The van der Waals surface area contributed by atoms with Gasteiger partial charge in [0.05, 0.1) is 17.3 Å². The first-order valence-corrected chi connectivity index (χ1v) is 22.0. The molecule has 5 rings (SSSR count). The van der Waals surface area contributed by atoms with Gasteiger partial charge in [-0.3, -0.25) is 24.0 Å². The summed E-state index contributed by atoms with van der Waals surface area (Å²) in [6.07, 6.45) is 0.647. The van der Waals surface area contributed by atoms with Crippen LogP contribution >= 0.6 is 0 Å². The van der Waals surface area contributed by atoms with Gasteiger partial charge < -0.3 is 52.2 Å². The van der Waals surface area contributed by atoms with E-state index in [1.54, 1.807) is 43.3 Å². The van der Waals surface area contributed by atoms with Crippen molar-refractivity contribution in [3.05, 3.63) is 94.7 Å². The van der Waals surface area contributed by atoms with Crippen molar-refractivity contribution in [2.75, 3.05) is 39.9 Å². The molecule has 5 amide bonds. The lowest BCUT2D eigenvalue weighted by atomic mass is 9.86. The van der Waals surface area contributed by atoms with E-state index in [9.17, 15) is 29.1 Å². The largest absolute Gasteiger partial charge is 0.506 e. The topological polar surface area (TPSA) is 264 Å². The van der Waals surface area contributed by atoms with E-state index in [1.807, 2.05) is 37.3 Å². The third-order valence-electron chi connectivity index (χ3n) is 11.2. The van der Waals surface area contributed by atoms with Crippen LogP contribution in [0, 0.1) is 18.3 Å². The van der Waals surface area contributed by atoms with Gasteiger partial charge in [-0.05, 0) is 72.7 Å². The second-order valence-corrected chi connectivity index (χ2v) is 17.2. The van der Waals surface area contributed by atoms with Gasteiger partial charge in [0, 0.05) is 43.2 Å². The molecule has 9 N–H and O–H groups in total. The van der Waals surface area contributed by atoms with Crippen LogP contribution in [0.5, 0.6) is 17.2 Å². The summed E-state index contributed by atoms with van der Waals surface area (Å²) in [5.41, 5.74) is 15.9. The summed E-state index contributed by atoms with van der Waals surface area (Å²) in [6, 6.07) is 16.1. The Morgan fingerprint density at radius 2 is 1.59 bits per heavy atom. The van der Waals surface area contributed by atoms with Crippen molar-refractivity contribution in [2.24, 2.45) is 11.5 Å². The lowest BCUT2D eigenvalue weighted by molar-refractivity contribution is -0.141. The number of aromatic hydroxyl groups is 1. The average molecular weight is 904 g/mol. The van der Waals surface area contributed by atoms with Crippen LogP contribution in [-0.4, -0.2) is 103 Å². The number of nitrogens with zero attached hydrogens (tertiary/aromatic N) is 3. The molecule has 17 heteroatoms. The molecule has 2 heterocycles. The Balaban J connectivity index is 1.57. The van der Waals surface area contributed by atoms with Crippen LogP contribution in [-0.2, 0) is 31.0 Å². The fraction of sp³-hybridized carbons (Fsp3) is 0.408. The second-order valence-electron chi connectivity index (χ2n) is 17.2. The molecule has 4 aromatic rings. The molecule has 4 bridgehead atoms. The smallest absolute Gasteiger partial charge is 0.253 e. The third kappa shape index (κ3) is 12.0. The van der Waals surface area contributed by atoms with E-state index < -0.39 is 53.7 Å². The molecule has 0 unspecified atom stereocenters. The molecule has 0 saturated heterocycles. The molecule has 0 aliphatic carbocycles. The summed E-state index contributed by atoms with van der Waals surface area (Å²) in [5, 5.41) is 31.1. The molecule has 1 aromatic heterocycles. The van der Waals surface area contributed by atoms with Gasteiger partial charge >= 0.3 is 0 Å². The zero-order valence-corrected chi connectivity index (χ0v) is 38.6. The number of nitrogens with two attached hydrogens (primary N) is 2. The molecular formula is C49H61N9O8. The van der Waals surface area contributed by atoms with E-state index >= 15 is 0 Å². The number of aryl methyl sites for hydroxylation is 1. The number of ether oxygens (including phenoxy) is 2. The Labute approximate surface area is 385 Å². The standard InChI is InChI=1S/C49H61N9O8/c1-8-9-37(56-45(61)34-27-39(59)42(54-28(34)2)31-11-14-33(15-12-31)49(4,5)6)48(64)58(7)43-32-13-17-41(66-23-20-52)36(26-32)35-24-30(10-16-40(35)65-22-19-51)25-38(46(62)53-21-18-50)57-44(60)29(3)55-47(43)63/h10-17,24,26-27,29,37-38,43,59H,8-9,19-23,25,51-52H2,1-7H3,(H,53,62)(H,55,63)(H,56,61)(H,57,60)/t29-,37-,38-,43-/m0/s1. The van der Waals surface area contributed by atoms with Gasteiger partial charge in [-0.2, -0.15) is 5.26 Å². The minimum Gasteiger partial charge on any atom is -0.506 e. The molecule has 0 radical (unpaired) electrons. The van der Waals surface area contributed by atoms with Crippen LogP contribution in [0.1, 0.15) is 86.2 Å². The van der Waals surface area contributed by atoms with E-state index in [1.165, 1.54) is 24.9 Å². The SMILES string of the molecule is CCC[C@H](NC(=O)c1cc(O)c(-c2ccc(C(C)(C)C)cc2)nc1C)C(=O)N(C)[C@@H]1C(=O)N[C@@H](C)C(=O)N[C@H](C(=O)NCC#N)Cc2ccc(OCCN)c(c2)-c2cc1ccc2OCCN. The first-order valence-electron chi connectivity index (χ1n) is 22.0. The van der Waals surface area contributed by atoms with Crippen LogP contribution in [0.3, 0.4) is 0 Å². The highest BCUT2D eigenvalue weighted by molar-refractivity contribution is 6.00. The highest BCUT2D eigenvalue weighted by atomic mass is 16.5. The van der Waals surface area contributed by atoms with Gasteiger partial charge in [-0.1, -0.05) is 70.5 Å². The van der Waals surface area contributed by atoms with Crippen molar-refractivity contribution in [3.63, 3.8) is 0 Å². The Hall–Kier alpha value is -7.03. The molecule has 0 spiro atoms. The zero-order valence-electron chi connectivity index (χ0n) is 38.6. The minimum atomic E-state index is -1.39. The van der Waals surface area contributed by atoms with Crippen molar-refractivity contribution in [1.29, 1.82) is 5.26 Å². The molecule has 0 saturated carbocycles. The highest BCUT2D eigenvalue weighted by Crippen LogP contribution is 2.40. The number of nitriles is 1. The van der Waals surface area contributed by atoms with Crippen molar-refractivity contribution < 1.29 is 38.6 Å². The molecule has 17 nitrogen and oxygen atoms in total. The van der Waals surface area contributed by atoms with Crippen molar-refractivity contribution in [2.45, 2.75) is 90.4 Å². The predicted molar refractivity (Wildman–Crippen MR) is 249 cm³/mol. The molecule has 3 aromatic carbocycles. The van der Waals surface area contributed by atoms with Gasteiger partial charge in [0.1, 0.15) is 66.9 Å². The number of fused-ring (bicyclic) bond motifs is 5. The number of nitrogens with one attached hydrogen (secondary N) is 4. The number of aromatic nitrogens is 1. The first-order chi connectivity index (χ1) is 31.4. The fourth-order valence-corrected chi connectivity index (χ4v) is 7.65. The van der Waals surface area contributed by atoms with Gasteiger partial charge in [0.15, 0.2) is 0 Å². The Morgan fingerprint density at radius 1 is 0.955 bits per heavy atom. The zero-order chi connectivity index (χ0) is 48.3. The summed E-state index contributed by atoms with van der Waals surface area (Å²) in [6.45, 7) is 11.6. The van der Waals surface area contributed by atoms with Crippen LogP contribution in [0.15, 0.2) is 66.7 Å². The van der Waals surface area contributed by atoms with Crippen molar-refractivity contribution in [1.82, 2.24) is 31.2 Å². The lowest BCUT2D eigenvalue weighted by Gasteiger charge is -2.32. The van der Waals surface area contributed by atoms with Crippen LogP contribution in [0.2, 0.25) is 0 Å². The molecular weight excluding hydrogens is 843 g/mol. The number of benzene rings is 3. The number of pyridine rings is 1. The summed E-state index contributed by atoms with van der Waals surface area (Å²) in [5.74, 6) is -2.79. The number of carbonyl (C=O) groups excluding carboxylic acids is 5. The summed E-state index contributed by atoms with van der Waals surface area (Å²) in [4.78, 5) is 76.2. The number of carbonyl (C=O) groups is 5. The summed E-state index contributed by atoms with van der Waals surface area (Å²) < 4.78 is 12.2. The van der Waals surface area contributed by atoms with Gasteiger partial charge in [0.25, 0.3) is 5.91 Å². The maximum atomic E-state index is 14.7. The van der Waals surface area contributed by atoms with Crippen molar-refractivity contribution >= 4 is 29.5 Å².